The summed E-state index contributed by atoms with van der Waals surface area (Å²) in [5.41, 5.74) is 2.90. The summed E-state index contributed by atoms with van der Waals surface area (Å²) in [6.45, 7) is 19.6. The van der Waals surface area contributed by atoms with Gasteiger partial charge in [0.15, 0.2) is 0 Å². The molecule has 0 aliphatic heterocycles. The van der Waals surface area contributed by atoms with Crippen molar-refractivity contribution in [2.45, 2.75) is 104 Å². The van der Waals surface area contributed by atoms with Crippen LogP contribution in [0.2, 0.25) is 0 Å². The normalized spacial score (nSPS) is 10.9. The number of hydrogen-bond acceptors (Lipinski definition) is 3. The summed E-state index contributed by atoms with van der Waals surface area (Å²) in [5.74, 6) is 0.146. The Hall–Kier alpha value is -3.38. The summed E-state index contributed by atoms with van der Waals surface area (Å²) in [7, 11) is 0. The molecule has 0 spiro atoms. The van der Waals surface area contributed by atoms with Crippen LogP contribution < -0.4 is 8.62 Å². The number of hydrogen-bond donors (Lipinski definition) is 0. The van der Waals surface area contributed by atoms with E-state index in [1.54, 1.807) is 11.3 Å². The van der Waals surface area contributed by atoms with Crippen LogP contribution in [0.25, 0.3) is 51.6 Å². The Morgan fingerprint density at radius 3 is 1.83 bits per heavy atom. The zero-order valence-electron chi connectivity index (χ0n) is 24.8. The zero-order valence-corrected chi connectivity index (χ0v) is 27.3. The van der Waals surface area contributed by atoms with Crippen LogP contribution in [-0.4, -0.2) is 14.5 Å². The van der Waals surface area contributed by atoms with E-state index in [-0.39, 0.29) is 25.9 Å². The fourth-order valence-corrected chi connectivity index (χ4v) is 9.23. The van der Waals surface area contributed by atoms with Crippen LogP contribution in [0.15, 0.2) is 24.3 Å². The van der Waals surface area contributed by atoms with Crippen molar-refractivity contribution < 1.29 is 0 Å². The van der Waals surface area contributed by atoms with E-state index in [1.165, 1.54) is 101 Å². The van der Waals surface area contributed by atoms with Gasteiger partial charge < -0.3 is 0 Å². The molecule has 0 radical (unpaired) electrons. The van der Waals surface area contributed by atoms with Crippen molar-refractivity contribution >= 4 is 67.7 Å². The number of nitriles is 2. The minimum atomic E-state index is -0.0818. The van der Waals surface area contributed by atoms with Gasteiger partial charge in [0.1, 0.15) is 0 Å². The summed E-state index contributed by atoms with van der Waals surface area (Å²) in [4.78, 5) is 7.04. The molecule has 0 N–H and O–H groups in total. The summed E-state index contributed by atoms with van der Waals surface area (Å²) < 4.78 is 4.05. The summed E-state index contributed by atoms with van der Waals surface area (Å²) >= 11 is 1.48. The molecule has 214 valence electrons. The van der Waals surface area contributed by atoms with Crippen molar-refractivity contribution in [3.8, 4) is 12.1 Å². The number of aryl methyl sites for hydroxylation is 2. The van der Waals surface area contributed by atoms with Crippen molar-refractivity contribution in [3.63, 3.8) is 0 Å². The van der Waals surface area contributed by atoms with E-state index in [2.05, 4.69) is 59.9 Å². The second-order valence-corrected chi connectivity index (χ2v) is 14.4. The first-order valence-corrected chi connectivity index (χ1v) is 17.9. The second-order valence-electron chi connectivity index (χ2n) is 11.0. The Labute approximate surface area is 260 Å². The van der Waals surface area contributed by atoms with Crippen LogP contribution in [0.4, 0.5) is 0 Å². The molecule has 0 fully saturated rings. The molecule has 4 aromatic rings. The molecule has 0 saturated carbocycles. The van der Waals surface area contributed by atoms with Crippen molar-refractivity contribution in [3.05, 3.63) is 66.9 Å². The van der Waals surface area contributed by atoms with Gasteiger partial charge in [-0.1, -0.05) is 0 Å². The third-order valence-electron chi connectivity index (χ3n) is 8.13. The van der Waals surface area contributed by atoms with Gasteiger partial charge in [-0.05, 0) is 0 Å². The maximum absolute atomic E-state index is 9.62. The van der Waals surface area contributed by atoms with Crippen LogP contribution in [0.1, 0.15) is 102 Å². The predicted octanol–water partition coefficient (Wildman–Crippen LogP) is 9.17. The van der Waals surface area contributed by atoms with Crippen molar-refractivity contribution in [1.82, 2.24) is 0 Å². The molecule has 0 unspecified atom stereocenters. The Morgan fingerprint density at radius 2 is 1.26 bits per heavy atom. The molecule has 42 heavy (non-hydrogen) atoms. The molecular formula is C36H38N4SSe. The molecule has 0 atom stereocenters. The number of thiophene rings is 1. The molecule has 0 amide bonds. The SMILES string of the molecule is [C-]#[N+]C([N+]#[C-])=c1cc2c(CCCCCCCC)c3cc4[se]c(=C(C#N)C#N)cc4c(CCCCCCCC)c3cc2s1. The van der Waals surface area contributed by atoms with Crippen LogP contribution in [-0.2, 0) is 12.8 Å². The van der Waals surface area contributed by atoms with E-state index in [0.29, 0.717) is 0 Å². The van der Waals surface area contributed by atoms with Gasteiger partial charge in [0, 0.05) is 0 Å². The van der Waals surface area contributed by atoms with Crippen molar-refractivity contribution in [2.24, 2.45) is 0 Å². The first-order valence-electron chi connectivity index (χ1n) is 15.3. The van der Waals surface area contributed by atoms with Crippen molar-refractivity contribution in [2.75, 3.05) is 0 Å². The minimum absolute atomic E-state index is 0.0818. The number of nitrogens with zero attached hydrogens (tertiary/aromatic N) is 4. The zero-order chi connectivity index (χ0) is 29.9. The molecule has 2 heterocycles. The number of fused-ring (bicyclic) bond motifs is 3. The van der Waals surface area contributed by atoms with E-state index in [9.17, 15) is 10.5 Å². The first kappa shape index (κ1) is 31.6. The van der Waals surface area contributed by atoms with E-state index in [4.69, 9.17) is 13.1 Å². The molecule has 0 aliphatic carbocycles. The fraction of sp³-hybridized carbons (Fsp3) is 0.444. The Bertz CT molecular complexity index is 1690. The van der Waals surface area contributed by atoms with Gasteiger partial charge in [0.05, 0.1) is 0 Å². The Morgan fingerprint density at radius 1 is 0.714 bits per heavy atom. The number of benzene rings is 2. The van der Waals surface area contributed by atoms with Gasteiger partial charge in [-0.25, -0.2) is 0 Å². The summed E-state index contributed by atoms with van der Waals surface area (Å²) in [6.07, 6.45) is 16.7. The number of rotatable bonds is 14. The van der Waals surface area contributed by atoms with Crippen LogP contribution in [0.5, 0.6) is 0 Å². The van der Waals surface area contributed by atoms with Crippen LogP contribution >= 0.6 is 11.3 Å². The van der Waals surface area contributed by atoms with Gasteiger partial charge in [-0.3, -0.25) is 0 Å². The third kappa shape index (κ3) is 7.15. The molecular weight excluding hydrogens is 599 g/mol. The van der Waals surface area contributed by atoms with E-state index in [1.807, 2.05) is 0 Å². The average Bonchev–Trinajstić information content (AvgIpc) is 3.62. The molecule has 0 saturated heterocycles. The average molecular weight is 638 g/mol. The maximum atomic E-state index is 9.62. The van der Waals surface area contributed by atoms with Gasteiger partial charge in [0.25, 0.3) is 0 Å². The number of unbranched alkanes of at least 4 members (excludes halogenated alkanes) is 10. The topological polar surface area (TPSA) is 56.3 Å². The first-order chi connectivity index (χ1) is 20.6. The van der Waals surface area contributed by atoms with Crippen molar-refractivity contribution in [1.29, 1.82) is 10.5 Å². The molecule has 2 aromatic carbocycles. The molecule has 6 heteroatoms. The predicted molar refractivity (Wildman–Crippen MR) is 178 cm³/mol. The molecule has 4 nitrogen and oxygen atoms in total. The van der Waals surface area contributed by atoms with E-state index >= 15 is 0 Å². The second kappa shape index (κ2) is 15.7. The summed E-state index contributed by atoms with van der Waals surface area (Å²) in [5, 5.41) is 24.2. The van der Waals surface area contributed by atoms with Gasteiger partial charge in [-0.2, -0.15) is 0 Å². The Kier molecular flexibility index (Phi) is 11.8. The van der Waals surface area contributed by atoms with Crippen LogP contribution in [0, 0.1) is 35.8 Å². The quantitative estimate of drug-likeness (QED) is 0.0787. The molecule has 2 aromatic heterocycles. The van der Waals surface area contributed by atoms with Gasteiger partial charge >= 0.3 is 261 Å². The van der Waals surface area contributed by atoms with E-state index in [0.717, 1.165) is 39.0 Å². The molecule has 4 rings (SSSR count). The fourth-order valence-electron chi connectivity index (χ4n) is 5.91. The Balaban J connectivity index is 1.93. The molecule has 0 bridgehead atoms. The summed E-state index contributed by atoms with van der Waals surface area (Å²) in [6, 6.07) is 13.1. The van der Waals surface area contributed by atoms with E-state index < -0.39 is 0 Å². The van der Waals surface area contributed by atoms with Crippen LogP contribution in [0.3, 0.4) is 0 Å². The standard InChI is InChI=1S/C36H38N4SSe/c1-5-7-9-11-13-15-17-26-29-21-35-31(22-34(42-35)25(23-37)24-38)27(18-16-14-12-10-8-6-2)28(29)19-32-30(26)20-33(41-32)36(39-3)40-4/h19-22H,5-18H2,1-2H3. The van der Waals surface area contributed by atoms with Gasteiger partial charge in [-0.15, -0.1) is 0 Å². The monoisotopic (exact) mass is 638 g/mol. The van der Waals surface area contributed by atoms with Gasteiger partial charge in [0.2, 0.25) is 0 Å². The third-order valence-corrected chi connectivity index (χ3v) is 11.5. The molecule has 0 aliphatic rings.